The Balaban J connectivity index is 1.82. The normalized spacial score (nSPS) is 14.9. The van der Waals surface area contributed by atoms with Gasteiger partial charge in [-0.2, -0.15) is 0 Å². The zero-order valence-electron chi connectivity index (χ0n) is 8.70. The molecule has 2 heteroatoms. The van der Waals surface area contributed by atoms with Gasteiger partial charge in [0.1, 0.15) is 0 Å². The van der Waals surface area contributed by atoms with Gasteiger partial charge in [-0.1, -0.05) is 18.1 Å². The van der Waals surface area contributed by atoms with Gasteiger partial charge in [0.2, 0.25) is 0 Å². The van der Waals surface area contributed by atoms with Crippen LogP contribution in [0, 0.1) is 12.3 Å². The second kappa shape index (κ2) is 5.25. The molecule has 1 nitrogen and oxygen atoms in total. The van der Waals surface area contributed by atoms with E-state index in [4.69, 9.17) is 6.42 Å². The maximum absolute atomic E-state index is 5.21. The lowest BCUT2D eigenvalue weighted by Crippen LogP contribution is -2.14. The summed E-state index contributed by atoms with van der Waals surface area (Å²) < 4.78 is 0. The molecule has 0 heterocycles. The molecule has 0 spiro atoms. The molecule has 1 aliphatic carbocycles. The lowest BCUT2D eigenvalue weighted by atomic mass is 10.2. The van der Waals surface area contributed by atoms with Crippen molar-refractivity contribution in [1.82, 2.24) is 5.32 Å². The van der Waals surface area contributed by atoms with Crippen LogP contribution < -0.4 is 5.32 Å². The maximum Gasteiger partial charge on any atom is 0.0592 e. The molecule has 1 N–H and O–H groups in total. The van der Waals surface area contributed by atoms with E-state index in [9.17, 15) is 0 Å². The largest absolute Gasteiger partial charge is 0.310 e. The number of hydrogen-bond donors (Lipinski definition) is 1. The quantitative estimate of drug-likeness (QED) is 0.601. The molecule has 0 aliphatic heterocycles. The zero-order chi connectivity index (χ0) is 10.5. The molecule has 1 fully saturated rings. The van der Waals surface area contributed by atoms with Crippen LogP contribution in [-0.4, -0.2) is 11.8 Å². The highest BCUT2D eigenvalue weighted by Gasteiger charge is 2.19. The predicted molar refractivity (Wildman–Crippen MR) is 65.9 cm³/mol. The van der Waals surface area contributed by atoms with E-state index in [1.54, 1.807) is 11.8 Å². The third kappa shape index (κ3) is 3.62. The van der Waals surface area contributed by atoms with Crippen LogP contribution in [0.5, 0.6) is 0 Å². The lowest BCUT2D eigenvalue weighted by molar-refractivity contribution is 0.687. The summed E-state index contributed by atoms with van der Waals surface area (Å²) in [5.74, 6) is 3.38. The molecule has 0 amide bonds. The molecule has 1 saturated carbocycles. The Morgan fingerprint density at radius 3 is 2.67 bits per heavy atom. The fourth-order valence-corrected chi connectivity index (χ4v) is 1.96. The Labute approximate surface area is 95.7 Å². The monoisotopic (exact) mass is 217 g/mol. The average Bonchev–Trinajstić information content (AvgIpc) is 3.09. The van der Waals surface area contributed by atoms with E-state index < -0.39 is 0 Å². The third-order valence-corrected chi connectivity index (χ3v) is 3.33. The van der Waals surface area contributed by atoms with Gasteiger partial charge in [0.05, 0.1) is 5.75 Å². The smallest absolute Gasteiger partial charge is 0.0592 e. The van der Waals surface area contributed by atoms with E-state index in [2.05, 4.69) is 35.5 Å². The first-order chi connectivity index (χ1) is 7.38. The second-order valence-corrected chi connectivity index (χ2v) is 4.84. The first-order valence-corrected chi connectivity index (χ1v) is 6.25. The maximum atomic E-state index is 5.21. The summed E-state index contributed by atoms with van der Waals surface area (Å²) >= 11 is 1.71. The molecular formula is C13H15NS. The molecule has 1 aliphatic rings. The fourth-order valence-electron chi connectivity index (χ4n) is 1.38. The molecular weight excluding hydrogens is 202 g/mol. The standard InChI is InChI=1S/C13H15NS/c1-2-9-15-13-7-3-11(4-8-13)10-14-12-5-6-12/h1,3-4,7-8,12,14H,5-6,9-10H2. The Bertz CT molecular complexity index is 346. The van der Waals surface area contributed by atoms with Crippen molar-refractivity contribution in [2.75, 3.05) is 5.75 Å². The van der Waals surface area contributed by atoms with Crippen LogP contribution in [0.2, 0.25) is 0 Å². The highest BCUT2D eigenvalue weighted by molar-refractivity contribution is 7.99. The van der Waals surface area contributed by atoms with Crippen molar-refractivity contribution < 1.29 is 0 Å². The Kier molecular flexibility index (Phi) is 3.71. The van der Waals surface area contributed by atoms with Gasteiger partial charge < -0.3 is 5.32 Å². The van der Waals surface area contributed by atoms with Crippen LogP contribution in [-0.2, 0) is 6.54 Å². The van der Waals surface area contributed by atoms with Gasteiger partial charge in [-0.15, -0.1) is 18.2 Å². The second-order valence-electron chi connectivity index (χ2n) is 3.79. The van der Waals surface area contributed by atoms with Gasteiger partial charge >= 0.3 is 0 Å². The molecule has 1 aromatic carbocycles. The van der Waals surface area contributed by atoms with Gasteiger partial charge in [0.15, 0.2) is 0 Å². The van der Waals surface area contributed by atoms with Crippen molar-refractivity contribution >= 4 is 11.8 Å². The van der Waals surface area contributed by atoms with Gasteiger partial charge in [-0.25, -0.2) is 0 Å². The topological polar surface area (TPSA) is 12.0 Å². The number of benzene rings is 1. The summed E-state index contributed by atoms with van der Waals surface area (Å²) in [6.07, 6.45) is 7.90. The van der Waals surface area contributed by atoms with Crippen molar-refractivity contribution in [2.45, 2.75) is 30.3 Å². The van der Waals surface area contributed by atoms with E-state index >= 15 is 0 Å². The number of rotatable bonds is 5. The van der Waals surface area contributed by atoms with Crippen LogP contribution in [0.4, 0.5) is 0 Å². The highest BCUT2D eigenvalue weighted by atomic mass is 32.2. The molecule has 0 radical (unpaired) electrons. The Morgan fingerprint density at radius 2 is 2.07 bits per heavy atom. The van der Waals surface area contributed by atoms with Gasteiger partial charge in [0.25, 0.3) is 0 Å². The molecule has 0 atom stereocenters. The van der Waals surface area contributed by atoms with Crippen molar-refractivity contribution in [1.29, 1.82) is 0 Å². The zero-order valence-corrected chi connectivity index (χ0v) is 9.52. The van der Waals surface area contributed by atoms with Crippen LogP contribution in [0.15, 0.2) is 29.2 Å². The van der Waals surface area contributed by atoms with Gasteiger partial charge in [0, 0.05) is 17.5 Å². The summed E-state index contributed by atoms with van der Waals surface area (Å²) in [6, 6.07) is 9.42. The molecule has 15 heavy (non-hydrogen) atoms. The van der Waals surface area contributed by atoms with Crippen LogP contribution in [0.3, 0.4) is 0 Å². The minimum absolute atomic E-state index is 0.750. The molecule has 78 valence electrons. The number of terminal acetylenes is 1. The summed E-state index contributed by atoms with van der Waals surface area (Å²) in [7, 11) is 0. The van der Waals surface area contributed by atoms with Crippen LogP contribution >= 0.6 is 11.8 Å². The van der Waals surface area contributed by atoms with Crippen molar-refractivity contribution in [3.05, 3.63) is 29.8 Å². The number of hydrogen-bond acceptors (Lipinski definition) is 2. The van der Waals surface area contributed by atoms with E-state index in [0.717, 1.165) is 18.3 Å². The van der Waals surface area contributed by atoms with Crippen LogP contribution in [0.1, 0.15) is 18.4 Å². The first kappa shape index (κ1) is 10.6. The lowest BCUT2D eigenvalue weighted by Gasteiger charge is -2.04. The van der Waals surface area contributed by atoms with Gasteiger partial charge in [-0.05, 0) is 30.5 Å². The molecule has 0 unspecified atom stereocenters. The number of thioether (sulfide) groups is 1. The Morgan fingerprint density at radius 1 is 1.33 bits per heavy atom. The molecule has 0 bridgehead atoms. The van der Waals surface area contributed by atoms with E-state index in [1.165, 1.54) is 23.3 Å². The van der Waals surface area contributed by atoms with E-state index in [1.807, 2.05) is 0 Å². The molecule has 1 aromatic rings. The minimum atomic E-state index is 0.750. The highest BCUT2D eigenvalue weighted by Crippen LogP contribution is 2.20. The predicted octanol–water partition coefficient (Wildman–Crippen LogP) is 2.66. The van der Waals surface area contributed by atoms with Gasteiger partial charge in [-0.3, -0.25) is 0 Å². The van der Waals surface area contributed by atoms with E-state index in [-0.39, 0.29) is 0 Å². The first-order valence-electron chi connectivity index (χ1n) is 5.27. The molecule has 2 rings (SSSR count). The van der Waals surface area contributed by atoms with Crippen molar-refractivity contribution in [3.63, 3.8) is 0 Å². The minimum Gasteiger partial charge on any atom is -0.310 e. The Hall–Kier alpha value is -0.910. The van der Waals surface area contributed by atoms with Crippen LogP contribution in [0.25, 0.3) is 0 Å². The fraction of sp³-hybridized carbons (Fsp3) is 0.385. The summed E-state index contributed by atoms with van der Waals surface area (Å²) in [4.78, 5) is 1.25. The van der Waals surface area contributed by atoms with E-state index in [0.29, 0.717) is 0 Å². The van der Waals surface area contributed by atoms with Crippen molar-refractivity contribution in [2.24, 2.45) is 0 Å². The molecule has 0 saturated heterocycles. The SMILES string of the molecule is C#CCSc1ccc(CNC2CC2)cc1. The molecule has 0 aromatic heterocycles. The summed E-state index contributed by atoms with van der Waals surface area (Å²) in [5, 5.41) is 3.50. The summed E-state index contributed by atoms with van der Waals surface area (Å²) in [6.45, 7) is 0.991. The summed E-state index contributed by atoms with van der Waals surface area (Å²) in [5.41, 5.74) is 1.35. The number of nitrogens with one attached hydrogen (secondary N) is 1. The van der Waals surface area contributed by atoms with Crippen molar-refractivity contribution in [3.8, 4) is 12.3 Å². The third-order valence-electron chi connectivity index (χ3n) is 2.42. The average molecular weight is 217 g/mol.